The lowest BCUT2D eigenvalue weighted by Crippen LogP contribution is -2.19. The number of hydrogen-bond acceptors (Lipinski definition) is 6. The maximum atomic E-state index is 14.7. The summed E-state index contributed by atoms with van der Waals surface area (Å²) >= 11 is 0. The fourth-order valence-electron chi connectivity index (χ4n) is 3.63. The number of benzene rings is 2. The number of alkyl halides is 2. The van der Waals surface area contributed by atoms with Gasteiger partial charge in [-0.1, -0.05) is 18.2 Å². The molecule has 0 fully saturated rings. The second kappa shape index (κ2) is 9.20. The molecule has 0 saturated carbocycles. The molecule has 1 N–H and O–H groups in total. The van der Waals surface area contributed by atoms with Crippen LogP contribution in [0.3, 0.4) is 0 Å². The summed E-state index contributed by atoms with van der Waals surface area (Å²) in [6.07, 6.45) is -3.09. The highest BCUT2D eigenvalue weighted by molar-refractivity contribution is 5.92. The van der Waals surface area contributed by atoms with Gasteiger partial charge in [-0.2, -0.15) is 0 Å². The van der Waals surface area contributed by atoms with Crippen LogP contribution in [0.25, 0.3) is 10.9 Å². The first-order chi connectivity index (χ1) is 15.3. The highest BCUT2D eigenvalue weighted by atomic mass is 19.3. The van der Waals surface area contributed by atoms with Crippen LogP contribution >= 0.6 is 0 Å². The summed E-state index contributed by atoms with van der Waals surface area (Å²) in [5.74, 6) is 1.07. The quantitative estimate of drug-likeness (QED) is 0.581. The molecule has 0 bridgehead atoms. The number of halogens is 3. The minimum absolute atomic E-state index is 0.125. The van der Waals surface area contributed by atoms with E-state index in [0.717, 1.165) is 6.07 Å². The summed E-state index contributed by atoms with van der Waals surface area (Å²) in [6, 6.07) is 6.90. The maximum absolute atomic E-state index is 14.7. The molecule has 0 unspecified atom stereocenters. The Labute approximate surface area is 183 Å². The van der Waals surface area contributed by atoms with Gasteiger partial charge >= 0.3 is 0 Å². The smallest absolute Gasteiger partial charge is 0.266 e. The molecule has 0 radical (unpaired) electrons. The van der Waals surface area contributed by atoms with E-state index in [-0.39, 0.29) is 11.7 Å². The molecule has 0 aliphatic carbocycles. The molecule has 0 amide bonds. The Morgan fingerprint density at radius 2 is 1.88 bits per heavy atom. The normalized spacial score (nSPS) is 17.5. The molecule has 1 aliphatic heterocycles. The van der Waals surface area contributed by atoms with Crippen LogP contribution in [0.1, 0.15) is 43.3 Å². The van der Waals surface area contributed by atoms with Gasteiger partial charge in [-0.15, -0.1) is 0 Å². The summed E-state index contributed by atoms with van der Waals surface area (Å²) in [6.45, 7) is 6.57. The Balaban J connectivity index is 1.74. The number of fused-ring (bicyclic) bond motifs is 2. The van der Waals surface area contributed by atoms with E-state index < -0.39 is 23.8 Å². The van der Waals surface area contributed by atoms with E-state index in [1.807, 2.05) is 6.92 Å². The zero-order valence-electron chi connectivity index (χ0n) is 18.0. The van der Waals surface area contributed by atoms with Crippen molar-refractivity contribution in [3.8, 4) is 11.5 Å². The minimum atomic E-state index is -2.89. The Bertz CT molecular complexity index is 1130. The van der Waals surface area contributed by atoms with Crippen molar-refractivity contribution in [2.75, 3.05) is 25.1 Å². The van der Waals surface area contributed by atoms with Gasteiger partial charge in [0, 0.05) is 17.0 Å². The first-order valence-corrected chi connectivity index (χ1v) is 10.4. The van der Waals surface area contributed by atoms with E-state index in [0.29, 0.717) is 53.9 Å². The molecule has 170 valence electrons. The van der Waals surface area contributed by atoms with Crippen LogP contribution in [0.2, 0.25) is 0 Å². The van der Waals surface area contributed by atoms with Crippen molar-refractivity contribution in [1.29, 1.82) is 0 Å². The van der Waals surface area contributed by atoms with Gasteiger partial charge in [0.05, 0.1) is 30.3 Å². The average Bonchev–Trinajstić information content (AvgIpc) is 2.82. The summed E-state index contributed by atoms with van der Waals surface area (Å²) < 4.78 is 58.2. The van der Waals surface area contributed by atoms with Crippen LogP contribution in [-0.2, 0) is 4.74 Å². The van der Waals surface area contributed by atoms with Crippen molar-refractivity contribution >= 4 is 16.7 Å². The Morgan fingerprint density at radius 1 is 1.09 bits per heavy atom. The second-order valence-electron chi connectivity index (χ2n) is 7.70. The van der Waals surface area contributed by atoms with E-state index in [2.05, 4.69) is 15.3 Å². The molecule has 3 aromatic rings. The lowest BCUT2D eigenvalue weighted by Gasteiger charge is -2.20. The van der Waals surface area contributed by atoms with E-state index in [9.17, 15) is 13.2 Å². The largest absolute Gasteiger partial charge is 0.487 e. The molecule has 6 nitrogen and oxygen atoms in total. The molecule has 9 heteroatoms. The third-order valence-corrected chi connectivity index (χ3v) is 5.15. The maximum Gasteiger partial charge on any atom is 0.266 e. The lowest BCUT2D eigenvalue weighted by molar-refractivity contribution is 0.0546. The molecule has 2 aromatic carbocycles. The zero-order valence-corrected chi connectivity index (χ0v) is 18.0. The third-order valence-electron chi connectivity index (χ3n) is 5.15. The van der Waals surface area contributed by atoms with Gasteiger partial charge in [-0.05, 0) is 26.8 Å². The molecule has 1 aliphatic rings. The van der Waals surface area contributed by atoms with E-state index in [1.54, 1.807) is 26.0 Å². The number of aryl methyl sites for hydroxylation is 1. The highest BCUT2D eigenvalue weighted by Gasteiger charge is 2.22. The second-order valence-corrected chi connectivity index (χ2v) is 7.70. The SMILES string of the molecule is Cc1nc(N[C@H](C)c2cccc(C(F)F)c2F)c2cc3c(cc2n1)OCCOC[C@H](C)O3. The standard InChI is InChI=1S/C23H24F3N3O3/c1-12-11-30-7-8-31-19-10-18-17(9-20(19)32-12)23(29-14(3)28-18)27-13(2)15-5-4-6-16(21(15)24)22(25)26/h4-6,9-10,12-13,22H,7-8,11H2,1-3H3,(H,27,28,29)/t12-,13+/m0/s1. The molecular weight excluding hydrogens is 423 g/mol. The van der Waals surface area contributed by atoms with E-state index >= 15 is 0 Å². The zero-order chi connectivity index (χ0) is 22.8. The van der Waals surface area contributed by atoms with Crippen LogP contribution in [-0.4, -0.2) is 35.9 Å². The number of hydrogen-bond donors (Lipinski definition) is 1. The van der Waals surface area contributed by atoms with Crippen LogP contribution < -0.4 is 14.8 Å². The molecule has 1 aromatic heterocycles. The van der Waals surface area contributed by atoms with Gasteiger partial charge in [0.15, 0.2) is 11.5 Å². The summed E-state index contributed by atoms with van der Waals surface area (Å²) in [7, 11) is 0. The Kier molecular flexibility index (Phi) is 6.36. The molecule has 2 atom stereocenters. The van der Waals surface area contributed by atoms with Gasteiger partial charge in [0.25, 0.3) is 6.43 Å². The minimum Gasteiger partial charge on any atom is -0.487 e. The molecule has 0 saturated heterocycles. The van der Waals surface area contributed by atoms with Gasteiger partial charge in [0.1, 0.15) is 30.2 Å². The summed E-state index contributed by atoms with van der Waals surface area (Å²) in [5.41, 5.74) is 0.114. The number of ether oxygens (including phenoxy) is 3. The fourth-order valence-corrected chi connectivity index (χ4v) is 3.63. The van der Waals surface area contributed by atoms with Crippen molar-refractivity contribution in [2.45, 2.75) is 39.3 Å². The monoisotopic (exact) mass is 447 g/mol. The predicted molar refractivity (Wildman–Crippen MR) is 114 cm³/mol. The highest BCUT2D eigenvalue weighted by Crippen LogP contribution is 2.37. The number of aromatic nitrogens is 2. The number of anilines is 1. The summed E-state index contributed by atoms with van der Waals surface area (Å²) in [5, 5.41) is 3.79. The van der Waals surface area contributed by atoms with Crippen molar-refractivity contribution in [1.82, 2.24) is 9.97 Å². The molecule has 32 heavy (non-hydrogen) atoms. The van der Waals surface area contributed by atoms with E-state index in [4.69, 9.17) is 14.2 Å². The van der Waals surface area contributed by atoms with Crippen molar-refractivity contribution in [2.24, 2.45) is 0 Å². The first kappa shape index (κ1) is 22.1. The van der Waals surface area contributed by atoms with Crippen molar-refractivity contribution < 1.29 is 27.4 Å². The molecule has 4 rings (SSSR count). The average molecular weight is 447 g/mol. The van der Waals surface area contributed by atoms with Crippen LogP contribution in [0.5, 0.6) is 11.5 Å². The Morgan fingerprint density at radius 3 is 2.66 bits per heavy atom. The number of nitrogens with one attached hydrogen (secondary N) is 1. The van der Waals surface area contributed by atoms with Gasteiger partial charge in [0.2, 0.25) is 0 Å². The molecule has 2 heterocycles. The number of rotatable bonds is 4. The lowest BCUT2D eigenvalue weighted by atomic mass is 10.0. The topological polar surface area (TPSA) is 65.5 Å². The van der Waals surface area contributed by atoms with Crippen LogP contribution in [0.4, 0.5) is 19.0 Å². The fraction of sp³-hybridized carbons (Fsp3) is 0.391. The summed E-state index contributed by atoms with van der Waals surface area (Å²) in [4.78, 5) is 8.95. The van der Waals surface area contributed by atoms with Gasteiger partial charge in [-0.3, -0.25) is 0 Å². The van der Waals surface area contributed by atoms with Gasteiger partial charge < -0.3 is 19.5 Å². The Hall–Kier alpha value is -3.07. The molecule has 0 spiro atoms. The van der Waals surface area contributed by atoms with Crippen molar-refractivity contribution in [3.63, 3.8) is 0 Å². The first-order valence-electron chi connectivity index (χ1n) is 10.4. The predicted octanol–water partition coefficient (Wildman–Crippen LogP) is 5.36. The molecular formula is C23H24F3N3O3. The number of nitrogens with zero attached hydrogens (tertiary/aromatic N) is 2. The van der Waals surface area contributed by atoms with Gasteiger partial charge in [-0.25, -0.2) is 23.1 Å². The van der Waals surface area contributed by atoms with E-state index in [1.165, 1.54) is 12.1 Å². The third kappa shape index (κ3) is 4.57. The van der Waals surface area contributed by atoms with Crippen molar-refractivity contribution in [3.05, 3.63) is 53.1 Å². The van der Waals surface area contributed by atoms with Crippen LogP contribution in [0, 0.1) is 12.7 Å². The van der Waals surface area contributed by atoms with Crippen LogP contribution in [0.15, 0.2) is 30.3 Å².